The molecule has 1 heterocycles. The monoisotopic (exact) mass is 298 g/mol. The zero-order valence-corrected chi connectivity index (χ0v) is 11.8. The Hall–Kier alpha value is -0.790. The lowest BCUT2D eigenvalue weighted by atomic mass is 10.3. The van der Waals surface area contributed by atoms with Crippen LogP contribution in [0.5, 0.6) is 5.75 Å². The summed E-state index contributed by atoms with van der Waals surface area (Å²) in [4.78, 5) is 11.7. The quantitative estimate of drug-likeness (QED) is 0.631. The van der Waals surface area contributed by atoms with Gasteiger partial charge in [0.2, 0.25) is 0 Å². The Kier molecular flexibility index (Phi) is 4.40. The predicted molar refractivity (Wildman–Crippen MR) is 65.0 cm³/mol. The first-order valence-corrected chi connectivity index (χ1v) is 7.75. The van der Waals surface area contributed by atoms with Gasteiger partial charge in [-0.15, -0.1) is 11.3 Å². The van der Waals surface area contributed by atoms with E-state index in [1.54, 1.807) is 26.2 Å². The second-order valence-corrected chi connectivity index (χ2v) is 6.47. The molecule has 1 aromatic heterocycles. The van der Waals surface area contributed by atoms with Crippen LogP contribution in [-0.4, -0.2) is 20.5 Å². The van der Waals surface area contributed by atoms with E-state index in [-0.39, 0.29) is 16.7 Å². The third-order valence-corrected chi connectivity index (χ3v) is 3.24. The van der Waals surface area contributed by atoms with Crippen LogP contribution in [0.15, 0.2) is 5.38 Å². The van der Waals surface area contributed by atoms with Crippen molar-refractivity contribution in [1.82, 2.24) is 0 Å². The highest BCUT2D eigenvalue weighted by Crippen LogP contribution is 2.32. The first-order chi connectivity index (χ1) is 7.70. The lowest BCUT2D eigenvalue weighted by Gasteiger charge is -2.08. The molecule has 0 fully saturated rings. The van der Waals surface area contributed by atoms with Crippen LogP contribution in [0.1, 0.15) is 29.1 Å². The van der Waals surface area contributed by atoms with E-state index in [0.29, 0.717) is 5.56 Å². The molecule has 1 aromatic rings. The smallest absolute Gasteiger partial charge is 0.401 e. The number of hydrogen-bond acceptors (Lipinski definition) is 6. The topological polar surface area (TPSA) is 69.7 Å². The van der Waals surface area contributed by atoms with Gasteiger partial charge in [-0.05, 0) is 26.2 Å². The fraction of sp³-hybridized carbons (Fsp3) is 0.444. The SMILES string of the molecule is Cc1csc(C(=O)OC(C)C)c1OS(=O)(=O)Cl. The summed E-state index contributed by atoms with van der Waals surface area (Å²) in [6.07, 6.45) is -0.301. The summed E-state index contributed by atoms with van der Waals surface area (Å²) in [7, 11) is 0.799. The molecular formula is C9H11ClO5S2. The van der Waals surface area contributed by atoms with Crippen molar-refractivity contribution in [2.45, 2.75) is 26.9 Å². The molecule has 17 heavy (non-hydrogen) atoms. The standard InChI is InChI=1S/C9H11ClO5S2/c1-5(2)14-9(11)8-7(6(3)4-16-8)15-17(10,12)13/h4-5H,1-3H3. The fourth-order valence-corrected chi connectivity index (χ4v) is 2.56. The molecule has 0 N–H and O–H groups in total. The lowest BCUT2D eigenvalue weighted by Crippen LogP contribution is -2.12. The molecule has 0 aromatic carbocycles. The van der Waals surface area contributed by atoms with Gasteiger partial charge >= 0.3 is 15.3 Å². The molecular weight excluding hydrogens is 288 g/mol. The van der Waals surface area contributed by atoms with Crippen LogP contribution in [0.25, 0.3) is 0 Å². The van der Waals surface area contributed by atoms with E-state index >= 15 is 0 Å². The molecule has 0 atom stereocenters. The highest BCUT2D eigenvalue weighted by molar-refractivity contribution is 8.10. The second-order valence-electron chi connectivity index (χ2n) is 3.51. The highest BCUT2D eigenvalue weighted by Gasteiger charge is 2.23. The molecule has 5 nitrogen and oxygen atoms in total. The van der Waals surface area contributed by atoms with Gasteiger partial charge < -0.3 is 8.92 Å². The molecule has 96 valence electrons. The van der Waals surface area contributed by atoms with Gasteiger partial charge in [0.05, 0.1) is 16.8 Å². The molecule has 0 aliphatic heterocycles. The number of aryl methyl sites for hydroxylation is 1. The minimum Gasteiger partial charge on any atom is -0.459 e. The van der Waals surface area contributed by atoms with Crippen molar-refractivity contribution in [2.75, 3.05) is 0 Å². The number of thiophene rings is 1. The maximum Gasteiger partial charge on any atom is 0.401 e. The maximum absolute atomic E-state index is 11.6. The summed E-state index contributed by atoms with van der Waals surface area (Å²) in [5.74, 6) is -0.705. The fourth-order valence-electron chi connectivity index (χ4n) is 1.04. The normalized spacial score (nSPS) is 11.6. The minimum atomic E-state index is -4.18. The van der Waals surface area contributed by atoms with Gasteiger partial charge in [0.15, 0.2) is 10.6 Å². The van der Waals surface area contributed by atoms with Crippen molar-refractivity contribution in [3.63, 3.8) is 0 Å². The van der Waals surface area contributed by atoms with Gasteiger partial charge in [0.25, 0.3) is 0 Å². The number of halogens is 1. The van der Waals surface area contributed by atoms with Gasteiger partial charge in [0.1, 0.15) is 0 Å². The Morgan fingerprint density at radius 2 is 2.06 bits per heavy atom. The molecule has 0 spiro atoms. The average Bonchev–Trinajstić information content (AvgIpc) is 2.44. The number of hydrogen-bond donors (Lipinski definition) is 0. The first kappa shape index (κ1) is 14.3. The Morgan fingerprint density at radius 1 is 1.47 bits per heavy atom. The van der Waals surface area contributed by atoms with E-state index in [1.807, 2.05) is 0 Å². The van der Waals surface area contributed by atoms with E-state index < -0.39 is 15.3 Å². The molecule has 1 rings (SSSR count). The van der Waals surface area contributed by atoms with Crippen LogP contribution in [0, 0.1) is 6.92 Å². The van der Waals surface area contributed by atoms with Gasteiger partial charge in [0, 0.05) is 5.56 Å². The summed E-state index contributed by atoms with van der Waals surface area (Å²) < 4.78 is 31.2. The predicted octanol–water partition coefficient (Wildman–Crippen LogP) is 2.48. The molecule has 0 radical (unpaired) electrons. The van der Waals surface area contributed by atoms with E-state index in [9.17, 15) is 13.2 Å². The minimum absolute atomic E-state index is 0.0735. The Bertz CT molecular complexity index is 517. The van der Waals surface area contributed by atoms with Gasteiger partial charge in [-0.25, -0.2) is 4.79 Å². The van der Waals surface area contributed by atoms with Crippen molar-refractivity contribution in [2.24, 2.45) is 0 Å². The molecule has 0 amide bonds. The molecule has 0 saturated heterocycles. The largest absolute Gasteiger partial charge is 0.459 e. The van der Waals surface area contributed by atoms with Crippen LogP contribution >= 0.6 is 22.0 Å². The number of carbonyl (C=O) groups is 1. The van der Waals surface area contributed by atoms with Crippen LogP contribution in [0.3, 0.4) is 0 Å². The van der Waals surface area contributed by atoms with E-state index in [0.717, 1.165) is 11.3 Å². The maximum atomic E-state index is 11.6. The molecule has 8 heteroatoms. The number of ether oxygens (including phenoxy) is 1. The highest BCUT2D eigenvalue weighted by atomic mass is 35.7. The summed E-state index contributed by atoms with van der Waals surface area (Å²) >= 11 is 1.04. The lowest BCUT2D eigenvalue weighted by molar-refractivity contribution is 0.0382. The molecule has 0 saturated carbocycles. The van der Waals surface area contributed by atoms with Gasteiger partial charge in [-0.1, -0.05) is 0 Å². The van der Waals surface area contributed by atoms with Crippen LogP contribution in [-0.2, 0) is 14.1 Å². The second kappa shape index (κ2) is 5.24. The summed E-state index contributed by atoms with van der Waals surface area (Å²) in [5.41, 5.74) is 0.509. The number of esters is 1. The zero-order valence-electron chi connectivity index (χ0n) is 9.39. The number of carbonyl (C=O) groups excluding carboxylic acids is 1. The average molecular weight is 299 g/mol. The van der Waals surface area contributed by atoms with Crippen molar-refractivity contribution in [3.05, 3.63) is 15.8 Å². The molecule has 0 bridgehead atoms. The van der Waals surface area contributed by atoms with Crippen LogP contribution in [0.4, 0.5) is 0 Å². The van der Waals surface area contributed by atoms with Gasteiger partial charge in [-0.2, -0.15) is 8.42 Å². The summed E-state index contributed by atoms with van der Waals surface area (Å²) in [6, 6.07) is 0. The molecule has 0 unspecified atom stereocenters. The Morgan fingerprint density at radius 3 is 2.53 bits per heavy atom. The summed E-state index contributed by atoms with van der Waals surface area (Å²) in [6.45, 7) is 4.99. The van der Waals surface area contributed by atoms with Crippen molar-refractivity contribution >= 4 is 37.3 Å². The number of rotatable bonds is 4. The molecule has 0 aliphatic carbocycles. The van der Waals surface area contributed by atoms with Gasteiger partial charge in [-0.3, -0.25) is 0 Å². The van der Waals surface area contributed by atoms with E-state index in [4.69, 9.17) is 15.4 Å². The third-order valence-electron chi connectivity index (χ3n) is 1.63. The van der Waals surface area contributed by atoms with Crippen molar-refractivity contribution in [1.29, 1.82) is 0 Å². The van der Waals surface area contributed by atoms with Crippen LogP contribution in [0.2, 0.25) is 0 Å². The Balaban J connectivity index is 3.06. The Labute approximate surface area is 108 Å². The first-order valence-electron chi connectivity index (χ1n) is 4.64. The van der Waals surface area contributed by atoms with Crippen LogP contribution < -0.4 is 4.18 Å². The molecule has 0 aliphatic rings. The van der Waals surface area contributed by atoms with E-state index in [1.165, 1.54) is 0 Å². The summed E-state index contributed by atoms with van der Waals surface area (Å²) in [5, 5.41) is 1.59. The van der Waals surface area contributed by atoms with Crippen molar-refractivity contribution < 1.29 is 22.1 Å². The van der Waals surface area contributed by atoms with Crippen molar-refractivity contribution in [3.8, 4) is 5.75 Å². The third kappa shape index (κ3) is 4.18. The zero-order chi connectivity index (χ0) is 13.2. The van der Waals surface area contributed by atoms with E-state index in [2.05, 4.69) is 4.18 Å².